The molecule has 0 aliphatic rings. The van der Waals surface area contributed by atoms with Gasteiger partial charge in [0.15, 0.2) is 0 Å². The van der Waals surface area contributed by atoms with Crippen molar-refractivity contribution in [2.45, 2.75) is 17.5 Å². The summed E-state index contributed by atoms with van der Waals surface area (Å²) in [5, 5.41) is 0. The SMILES string of the molecule is COc1cc(C(=O)Cc2ccc(OCc3ccccc3)cc2)ccc1C[I-]O. The molecule has 0 bridgehead atoms. The monoisotopic (exact) mass is 489 g/mol. The summed E-state index contributed by atoms with van der Waals surface area (Å²) in [4.78, 5) is 12.6. The number of ether oxygens (including phenoxy) is 2. The first-order valence-electron chi connectivity index (χ1n) is 8.88. The van der Waals surface area contributed by atoms with Gasteiger partial charge in [-0.2, -0.15) is 0 Å². The zero-order valence-corrected chi connectivity index (χ0v) is 17.8. The topological polar surface area (TPSA) is 55.8 Å². The van der Waals surface area contributed by atoms with E-state index in [4.69, 9.17) is 9.47 Å². The number of Topliss-reactive ketones (excluding diaryl/α,β-unsaturated/α-hetero) is 1. The number of carbonyl (C=O) groups is 1. The third-order valence-corrected chi connectivity index (χ3v) is 5.51. The van der Waals surface area contributed by atoms with E-state index in [0.717, 1.165) is 22.4 Å². The Kier molecular flexibility index (Phi) is 7.45. The molecular formula is C23H22IO4-. The zero-order valence-electron chi connectivity index (χ0n) is 15.6. The van der Waals surface area contributed by atoms with Crippen LogP contribution in [-0.4, -0.2) is 16.3 Å². The van der Waals surface area contributed by atoms with Crippen molar-refractivity contribution in [1.82, 2.24) is 0 Å². The summed E-state index contributed by atoms with van der Waals surface area (Å²) >= 11 is -0.859. The van der Waals surface area contributed by atoms with Crippen molar-refractivity contribution < 1.29 is 39.3 Å². The van der Waals surface area contributed by atoms with Crippen LogP contribution in [0.1, 0.15) is 27.0 Å². The van der Waals surface area contributed by atoms with Crippen molar-refractivity contribution in [3.8, 4) is 11.5 Å². The molecule has 5 heteroatoms. The van der Waals surface area contributed by atoms with E-state index >= 15 is 0 Å². The van der Waals surface area contributed by atoms with Crippen molar-refractivity contribution in [1.29, 1.82) is 0 Å². The van der Waals surface area contributed by atoms with E-state index in [1.807, 2.05) is 60.7 Å². The Morgan fingerprint density at radius 3 is 2.39 bits per heavy atom. The standard InChI is InChI=1S/C23H22IO4/c1-27-23-14-19(9-10-20(23)15-24-26)22(25)13-17-7-11-21(12-8-17)28-16-18-5-3-2-4-6-18/h2-12,14,26H,13,15-16H2,1H3/q-1. The molecule has 3 rings (SSSR count). The molecule has 3 aromatic rings. The summed E-state index contributed by atoms with van der Waals surface area (Å²) in [5.41, 5.74) is 3.60. The Balaban J connectivity index is 1.61. The van der Waals surface area contributed by atoms with Crippen LogP contribution < -0.4 is 31.1 Å². The van der Waals surface area contributed by atoms with Crippen LogP contribution in [0.15, 0.2) is 72.8 Å². The fourth-order valence-electron chi connectivity index (χ4n) is 2.82. The van der Waals surface area contributed by atoms with Gasteiger partial charge in [-0.1, -0.05) is 30.3 Å². The van der Waals surface area contributed by atoms with Crippen LogP contribution in [0.4, 0.5) is 0 Å². The molecule has 0 heterocycles. The Morgan fingerprint density at radius 2 is 1.71 bits per heavy atom. The molecule has 0 radical (unpaired) electrons. The molecule has 0 saturated heterocycles. The predicted octanol–water partition coefficient (Wildman–Crippen LogP) is 1.20. The first kappa shape index (κ1) is 20.4. The molecule has 0 atom stereocenters. The van der Waals surface area contributed by atoms with E-state index < -0.39 is 21.6 Å². The molecule has 4 nitrogen and oxygen atoms in total. The first-order chi connectivity index (χ1) is 13.7. The number of halogens is 1. The molecule has 0 aromatic heterocycles. The molecule has 3 aromatic carbocycles. The van der Waals surface area contributed by atoms with Crippen LogP contribution in [0, 0.1) is 0 Å². The van der Waals surface area contributed by atoms with Gasteiger partial charge >= 0.3 is 134 Å². The van der Waals surface area contributed by atoms with E-state index in [0.29, 0.717) is 28.8 Å². The minimum absolute atomic E-state index is 0.0292. The number of hydrogen-bond acceptors (Lipinski definition) is 4. The molecule has 0 aliphatic carbocycles. The summed E-state index contributed by atoms with van der Waals surface area (Å²) in [6, 6.07) is 23.0. The van der Waals surface area contributed by atoms with Crippen molar-refractivity contribution >= 4 is 5.78 Å². The minimum atomic E-state index is -0.859. The summed E-state index contributed by atoms with van der Waals surface area (Å²) in [5.74, 6) is 1.46. The fourth-order valence-corrected chi connectivity index (χ4v) is 3.82. The molecule has 0 unspecified atom stereocenters. The Morgan fingerprint density at radius 1 is 0.964 bits per heavy atom. The average Bonchev–Trinajstić information content (AvgIpc) is 2.74. The van der Waals surface area contributed by atoms with Gasteiger partial charge in [0.1, 0.15) is 6.61 Å². The molecular weight excluding hydrogens is 467 g/mol. The Bertz CT molecular complexity index is 908. The summed E-state index contributed by atoms with van der Waals surface area (Å²) < 4.78 is 21.0. The van der Waals surface area contributed by atoms with E-state index in [2.05, 4.69) is 0 Å². The molecule has 28 heavy (non-hydrogen) atoms. The van der Waals surface area contributed by atoms with Crippen LogP contribution in [0.3, 0.4) is 0 Å². The number of benzene rings is 3. The van der Waals surface area contributed by atoms with E-state index in [1.165, 1.54) is 0 Å². The maximum atomic E-state index is 12.6. The predicted molar refractivity (Wildman–Crippen MR) is 104 cm³/mol. The number of rotatable bonds is 9. The third kappa shape index (κ3) is 5.56. The van der Waals surface area contributed by atoms with Crippen molar-refractivity contribution in [2.75, 3.05) is 7.11 Å². The van der Waals surface area contributed by atoms with Crippen molar-refractivity contribution in [2.24, 2.45) is 0 Å². The van der Waals surface area contributed by atoms with Gasteiger partial charge in [-0.15, -0.1) is 0 Å². The zero-order chi connectivity index (χ0) is 19.8. The number of methoxy groups -OCH3 is 1. The second-order valence-corrected chi connectivity index (χ2v) is 7.74. The fraction of sp³-hybridized carbons (Fsp3) is 0.174. The Hall–Kier alpha value is -2.38. The summed E-state index contributed by atoms with van der Waals surface area (Å²) in [6.45, 7) is 0.515. The van der Waals surface area contributed by atoms with Gasteiger partial charge < -0.3 is 0 Å². The van der Waals surface area contributed by atoms with Crippen LogP contribution in [0.2, 0.25) is 0 Å². The molecule has 0 amide bonds. The third-order valence-electron chi connectivity index (χ3n) is 4.35. The van der Waals surface area contributed by atoms with Crippen LogP contribution >= 0.6 is 0 Å². The van der Waals surface area contributed by atoms with Crippen LogP contribution in [0.5, 0.6) is 11.5 Å². The Labute approximate surface area is 175 Å². The molecule has 0 fully saturated rings. The summed E-state index contributed by atoms with van der Waals surface area (Å²) in [6.07, 6.45) is 0.314. The van der Waals surface area contributed by atoms with Gasteiger partial charge in [-0.25, -0.2) is 0 Å². The molecule has 0 spiro atoms. The van der Waals surface area contributed by atoms with Gasteiger partial charge in [0.05, 0.1) is 0 Å². The second kappa shape index (κ2) is 10.2. The first-order valence-corrected chi connectivity index (χ1v) is 11.4. The van der Waals surface area contributed by atoms with E-state index in [1.54, 1.807) is 19.2 Å². The van der Waals surface area contributed by atoms with Gasteiger partial charge in [-0.3, -0.25) is 0 Å². The van der Waals surface area contributed by atoms with E-state index in [9.17, 15) is 8.23 Å². The van der Waals surface area contributed by atoms with Crippen molar-refractivity contribution in [3.63, 3.8) is 0 Å². The molecule has 0 aliphatic heterocycles. The van der Waals surface area contributed by atoms with E-state index in [-0.39, 0.29) is 5.78 Å². The van der Waals surface area contributed by atoms with Gasteiger partial charge in [0, 0.05) is 0 Å². The number of alkyl halides is 1. The molecule has 146 valence electrons. The number of hydrogen-bond donors (Lipinski definition) is 1. The molecule has 0 saturated carbocycles. The number of carbonyl (C=O) groups excluding carboxylic acids is 1. The molecule has 1 N–H and O–H groups in total. The van der Waals surface area contributed by atoms with Crippen molar-refractivity contribution in [3.05, 3.63) is 95.1 Å². The van der Waals surface area contributed by atoms with Gasteiger partial charge in [-0.05, 0) is 5.56 Å². The van der Waals surface area contributed by atoms with Gasteiger partial charge in [0.25, 0.3) is 0 Å². The second-order valence-electron chi connectivity index (χ2n) is 6.30. The van der Waals surface area contributed by atoms with Crippen LogP contribution in [-0.2, 0) is 17.5 Å². The normalized spacial score (nSPS) is 10.6. The average molecular weight is 489 g/mol. The van der Waals surface area contributed by atoms with Gasteiger partial charge in [0.2, 0.25) is 0 Å². The quantitative estimate of drug-likeness (QED) is 0.279. The number of ketones is 1. The summed E-state index contributed by atoms with van der Waals surface area (Å²) in [7, 11) is 1.58. The van der Waals surface area contributed by atoms with Crippen LogP contribution in [0.25, 0.3) is 0 Å². The maximum absolute atomic E-state index is 12.6.